The molecular weight excluding hydrogens is 256 g/mol. The highest BCUT2D eigenvalue weighted by Crippen LogP contribution is 2.36. The van der Waals surface area contributed by atoms with Crippen molar-refractivity contribution in [3.05, 3.63) is 18.2 Å². The van der Waals surface area contributed by atoms with Gasteiger partial charge < -0.3 is 19.9 Å². The van der Waals surface area contributed by atoms with Gasteiger partial charge in [-0.1, -0.05) is 6.07 Å². The van der Waals surface area contributed by atoms with Crippen LogP contribution in [0.1, 0.15) is 26.2 Å². The predicted octanol–water partition coefficient (Wildman–Crippen LogP) is 2.49. The molecule has 0 amide bonds. The molecule has 0 aromatic heterocycles. The standard InChI is InChI=1S/C15H22N2O3/c1-15(17,11-16)9-4-5-10-20-14-12(18-2)7-6-8-13(14)19-3/h6-8H,4-5,9-10,17H2,1-3H3. The molecule has 1 aromatic rings. The number of hydrogen-bond acceptors (Lipinski definition) is 5. The molecule has 0 saturated carbocycles. The molecule has 1 aromatic carbocycles. The van der Waals surface area contributed by atoms with Crippen molar-refractivity contribution < 1.29 is 14.2 Å². The van der Waals surface area contributed by atoms with Crippen LogP contribution >= 0.6 is 0 Å². The van der Waals surface area contributed by atoms with Crippen LogP contribution in [0.15, 0.2) is 18.2 Å². The summed E-state index contributed by atoms with van der Waals surface area (Å²) in [4.78, 5) is 0. The molecule has 0 aliphatic heterocycles. The molecule has 0 radical (unpaired) electrons. The van der Waals surface area contributed by atoms with E-state index < -0.39 is 5.54 Å². The van der Waals surface area contributed by atoms with Gasteiger partial charge in [0.15, 0.2) is 11.5 Å². The van der Waals surface area contributed by atoms with Crippen LogP contribution in [-0.4, -0.2) is 26.4 Å². The Bertz CT molecular complexity index is 444. The normalized spacial score (nSPS) is 13.2. The third kappa shape index (κ3) is 4.63. The smallest absolute Gasteiger partial charge is 0.203 e. The van der Waals surface area contributed by atoms with E-state index in [9.17, 15) is 0 Å². The molecule has 0 spiro atoms. The predicted molar refractivity (Wildman–Crippen MR) is 77.1 cm³/mol. The molecule has 2 N–H and O–H groups in total. The SMILES string of the molecule is COc1cccc(OC)c1OCCCCC(C)(N)C#N. The molecule has 0 aliphatic rings. The van der Waals surface area contributed by atoms with E-state index in [2.05, 4.69) is 6.07 Å². The van der Waals surface area contributed by atoms with Crippen molar-refractivity contribution in [1.82, 2.24) is 0 Å². The molecule has 20 heavy (non-hydrogen) atoms. The second kappa shape index (κ2) is 7.61. The number of hydrogen-bond donors (Lipinski definition) is 1. The molecule has 1 atom stereocenters. The minimum Gasteiger partial charge on any atom is -0.493 e. The highest BCUT2D eigenvalue weighted by Gasteiger charge is 2.16. The summed E-state index contributed by atoms with van der Waals surface area (Å²) >= 11 is 0. The van der Waals surface area contributed by atoms with Crippen LogP contribution in [0.25, 0.3) is 0 Å². The maximum Gasteiger partial charge on any atom is 0.203 e. The van der Waals surface area contributed by atoms with Gasteiger partial charge in [0.1, 0.15) is 5.54 Å². The Morgan fingerprint density at radius 1 is 1.20 bits per heavy atom. The lowest BCUT2D eigenvalue weighted by molar-refractivity contribution is 0.265. The molecular formula is C15H22N2O3. The van der Waals surface area contributed by atoms with E-state index in [1.165, 1.54) is 0 Å². The lowest BCUT2D eigenvalue weighted by atomic mass is 9.98. The number of nitrogens with two attached hydrogens (primary N) is 1. The Morgan fingerprint density at radius 3 is 2.30 bits per heavy atom. The first-order valence-electron chi connectivity index (χ1n) is 6.58. The van der Waals surface area contributed by atoms with Gasteiger partial charge in [-0.3, -0.25) is 0 Å². The number of para-hydroxylation sites is 1. The van der Waals surface area contributed by atoms with Crippen LogP contribution < -0.4 is 19.9 Å². The largest absolute Gasteiger partial charge is 0.493 e. The number of nitrogens with zero attached hydrogens (tertiary/aromatic N) is 1. The highest BCUT2D eigenvalue weighted by atomic mass is 16.5. The van der Waals surface area contributed by atoms with Crippen LogP contribution in [0.4, 0.5) is 0 Å². The van der Waals surface area contributed by atoms with Crippen molar-refractivity contribution in [2.24, 2.45) is 5.73 Å². The van der Waals surface area contributed by atoms with E-state index in [-0.39, 0.29) is 0 Å². The van der Waals surface area contributed by atoms with Crippen molar-refractivity contribution in [3.8, 4) is 23.3 Å². The number of ether oxygens (including phenoxy) is 3. The van der Waals surface area contributed by atoms with Crippen molar-refractivity contribution in [2.45, 2.75) is 31.7 Å². The molecule has 0 bridgehead atoms. The van der Waals surface area contributed by atoms with Gasteiger partial charge >= 0.3 is 0 Å². The molecule has 1 rings (SSSR count). The van der Waals surface area contributed by atoms with E-state index in [0.29, 0.717) is 30.3 Å². The van der Waals surface area contributed by atoms with Crippen LogP contribution in [0.5, 0.6) is 17.2 Å². The van der Waals surface area contributed by atoms with Crippen LogP contribution in [0.3, 0.4) is 0 Å². The zero-order valence-corrected chi connectivity index (χ0v) is 12.3. The zero-order valence-electron chi connectivity index (χ0n) is 12.3. The van der Waals surface area contributed by atoms with E-state index in [4.69, 9.17) is 25.2 Å². The topological polar surface area (TPSA) is 77.5 Å². The molecule has 1 unspecified atom stereocenters. The van der Waals surface area contributed by atoms with Gasteiger partial charge in [0, 0.05) is 0 Å². The summed E-state index contributed by atoms with van der Waals surface area (Å²) in [7, 11) is 3.18. The third-order valence-corrected chi connectivity index (χ3v) is 2.97. The fraction of sp³-hybridized carbons (Fsp3) is 0.533. The maximum atomic E-state index is 8.83. The van der Waals surface area contributed by atoms with Crippen molar-refractivity contribution in [3.63, 3.8) is 0 Å². The Hall–Kier alpha value is -1.93. The first-order valence-corrected chi connectivity index (χ1v) is 6.58. The summed E-state index contributed by atoms with van der Waals surface area (Å²) in [6, 6.07) is 7.58. The Kier molecular flexibility index (Phi) is 6.13. The van der Waals surface area contributed by atoms with Gasteiger partial charge in [-0.15, -0.1) is 0 Å². The number of benzene rings is 1. The Balaban J connectivity index is 2.48. The second-order valence-corrected chi connectivity index (χ2v) is 4.83. The van der Waals surface area contributed by atoms with Gasteiger partial charge in [0.05, 0.1) is 26.9 Å². The Morgan fingerprint density at radius 2 is 1.80 bits per heavy atom. The van der Waals surface area contributed by atoms with Crippen LogP contribution in [0, 0.1) is 11.3 Å². The molecule has 0 saturated heterocycles. The minimum absolute atomic E-state index is 0.526. The third-order valence-electron chi connectivity index (χ3n) is 2.97. The fourth-order valence-corrected chi connectivity index (χ4v) is 1.78. The molecule has 0 fully saturated rings. The van der Waals surface area contributed by atoms with Crippen molar-refractivity contribution >= 4 is 0 Å². The fourth-order valence-electron chi connectivity index (χ4n) is 1.78. The minimum atomic E-state index is -0.762. The van der Waals surface area contributed by atoms with Gasteiger partial charge in [0.2, 0.25) is 5.75 Å². The van der Waals surface area contributed by atoms with Crippen LogP contribution in [-0.2, 0) is 0 Å². The average Bonchev–Trinajstić information content (AvgIpc) is 2.46. The number of rotatable bonds is 8. The summed E-state index contributed by atoms with van der Waals surface area (Å²) < 4.78 is 16.2. The monoisotopic (exact) mass is 278 g/mol. The van der Waals surface area contributed by atoms with E-state index in [1.807, 2.05) is 18.2 Å². The van der Waals surface area contributed by atoms with Gasteiger partial charge in [-0.05, 0) is 38.3 Å². The lowest BCUT2D eigenvalue weighted by Gasteiger charge is -2.16. The average molecular weight is 278 g/mol. The maximum absolute atomic E-state index is 8.83. The summed E-state index contributed by atoms with van der Waals surface area (Å²) in [6.07, 6.45) is 2.30. The Labute approximate surface area is 120 Å². The van der Waals surface area contributed by atoms with Gasteiger partial charge in [-0.2, -0.15) is 5.26 Å². The van der Waals surface area contributed by atoms with Gasteiger partial charge in [-0.25, -0.2) is 0 Å². The van der Waals surface area contributed by atoms with E-state index in [0.717, 1.165) is 12.8 Å². The number of methoxy groups -OCH3 is 2. The van der Waals surface area contributed by atoms with E-state index >= 15 is 0 Å². The summed E-state index contributed by atoms with van der Waals surface area (Å²) in [6.45, 7) is 2.26. The molecule has 0 aliphatic carbocycles. The summed E-state index contributed by atoms with van der Waals surface area (Å²) in [5, 5.41) is 8.83. The zero-order chi connectivity index (χ0) is 15.0. The lowest BCUT2D eigenvalue weighted by Crippen LogP contribution is -2.33. The molecule has 5 nitrogen and oxygen atoms in total. The number of unbranched alkanes of at least 4 members (excludes halogenated alkanes) is 1. The molecule has 0 heterocycles. The number of nitriles is 1. The highest BCUT2D eigenvalue weighted by molar-refractivity contribution is 5.51. The second-order valence-electron chi connectivity index (χ2n) is 4.83. The first kappa shape index (κ1) is 16.1. The first-order chi connectivity index (χ1) is 9.54. The summed E-state index contributed by atoms with van der Waals surface area (Å²) in [5.41, 5.74) is 5.00. The van der Waals surface area contributed by atoms with Crippen molar-refractivity contribution in [2.75, 3.05) is 20.8 Å². The van der Waals surface area contributed by atoms with Gasteiger partial charge in [0.25, 0.3) is 0 Å². The molecule has 5 heteroatoms. The molecule has 110 valence electrons. The van der Waals surface area contributed by atoms with E-state index in [1.54, 1.807) is 21.1 Å². The van der Waals surface area contributed by atoms with Crippen molar-refractivity contribution in [1.29, 1.82) is 5.26 Å². The quantitative estimate of drug-likeness (QED) is 0.739. The van der Waals surface area contributed by atoms with Crippen LogP contribution in [0.2, 0.25) is 0 Å². The summed E-state index contributed by atoms with van der Waals surface area (Å²) in [5.74, 6) is 1.89.